The van der Waals surface area contributed by atoms with Gasteiger partial charge in [-0.25, -0.2) is 10.2 Å². The first-order valence-electron chi connectivity index (χ1n) is 5.30. The second-order valence-electron chi connectivity index (χ2n) is 3.78. The standard InChI is InChI=1S/C11H14N4O/c12-11(16)15-14-10-6-3-4-8(10)9-5-1-2-7-13-9/h1-2,5,7-8H,3-4,6H2,(H3,12,15,16)/b14-10+/t8-/m1/s1. The molecule has 1 heterocycles. The summed E-state index contributed by atoms with van der Waals surface area (Å²) in [4.78, 5) is 14.9. The molecule has 1 aromatic rings. The van der Waals surface area contributed by atoms with E-state index in [9.17, 15) is 4.79 Å². The number of amides is 2. The van der Waals surface area contributed by atoms with Gasteiger partial charge >= 0.3 is 6.03 Å². The number of nitrogens with one attached hydrogen (secondary N) is 1. The summed E-state index contributed by atoms with van der Waals surface area (Å²) < 4.78 is 0. The largest absolute Gasteiger partial charge is 0.350 e. The monoisotopic (exact) mass is 218 g/mol. The number of carbonyl (C=O) groups excluding carboxylic acids is 1. The van der Waals surface area contributed by atoms with E-state index in [1.54, 1.807) is 6.20 Å². The zero-order valence-corrected chi connectivity index (χ0v) is 8.89. The molecule has 84 valence electrons. The van der Waals surface area contributed by atoms with Crippen molar-refractivity contribution in [2.24, 2.45) is 10.8 Å². The van der Waals surface area contributed by atoms with Crippen molar-refractivity contribution in [1.29, 1.82) is 0 Å². The molecule has 0 radical (unpaired) electrons. The van der Waals surface area contributed by atoms with Gasteiger partial charge < -0.3 is 5.73 Å². The SMILES string of the molecule is NC(=O)N/N=C1\CCC[C@@H]1c1ccccn1. The van der Waals surface area contributed by atoms with Crippen LogP contribution >= 0.6 is 0 Å². The Hall–Kier alpha value is -1.91. The van der Waals surface area contributed by atoms with Crippen molar-refractivity contribution in [2.75, 3.05) is 0 Å². The highest BCUT2D eigenvalue weighted by Gasteiger charge is 2.25. The lowest BCUT2D eigenvalue weighted by molar-refractivity contribution is 0.249. The molecule has 1 aliphatic carbocycles. The molecule has 0 aliphatic heterocycles. The van der Waals surface area contributed by atoms with E-state index in [4.69, 9.17) is 5.73 Å². The van der Waals surface area contributed by atoms with E-state index in [0.717, 1.165) is 30.7 Å². The average molecular weight is 218 g/mol. The van der Waals surface area contributed by atoms with E-state index >= 15 is 0 Å². The van der Waals surface area contributed by atoms with Gasteiger partial charge in [-0.2, -0.15) is 5.10 Å². The third-order valence-electron chi connectivity index (χ3n) is 2.68. The van der Waals surface area contributed by atoms with E-state index < -0.39 is 6.03 Å². The molecule has 1 saturated carbocycles. The van der Waals surface area contributed by atoms with Crippen LogP contribution in [0, 0.1) is 0 Å². The highest BCUT2D eigenvalue weighted by atomic mass is 16.2. The van der Waals surface area contributed by atoms with E-state index in [1.165, 1.54) is 0 Å². The topological polar surface area (TPSA) is 80.4 Å². The number of urea groups is 1. The minimum absolute atomic E-state index is 0.216. The molecular weight excluding hydrogens is 204 g/mol. The molecule has 1 aliphatic rings. The summed E-state index contributed by atoms with van der Waals surface area (Å²) >= 11 is 0. The van der Waals surface area contributed by atoms with E-state index in [1.807, 2.05) is 18.2 Å². The number of hydrazone groups is 1. The van der Waals surface area contributed by atoms with Crippen LogP contribution in [0.1, 0.15) is 30.9 Å². The van der Waals surface area contributed by atoms with Gasteiger partial charge in [-0.05, 0) is 31.4 Å². The van der Waals surface area contributed by atoms with Crippen molar-refractivity contribution in [2.45, 2.75) is 25.2 Å². The number of pyridine rings is 1. The number of nitrogens with two attached hydrogens (primary N) is 1. The number of aromatic nitrogens is 1. The molecule has 1 fully saturated rings. The van der Waals surface area contributed by atoms with E-state index in [2.05, 4.69) is 15.5 Å². The summed E-state index contributed by atoms with van der Waals surface area (Å²) in [6, 6.07) is 5.20. The lowest BCUT2D eigenvalue weighted by Gasteiger charge is -2.09. The molecule has 1 aromatic heterocycles. The summed E-state index contributed by atoms with van der Waals surface area (Å²) in [6.07, 6.45) is 4.76. The fourth-order valence-electron chi connectivity index (χ4n) is 1.99. The first kappa shape index (κ1) is 10.6. The summed E-state index contributed by atoms with van der Waals surface area (Å²) in [6.45, 7) is 0. The number of primary amides is 1. The minimum Gasteiger partial charge on any atom is -0.350 e. The Balaban J connectivity index is 2.15. The van der Waals surface area contributed by atoms with Crippen molar-refractivity contribution in [1.82, 2.24) is 10.4 Å². The van der Waals surface area contributed by atoms with Crippen LogP contribution in [0.5, 0.6) is 0 Å². The molecule has 0 bridgehead atoms. The number of hydrogen-bond donors (Lipinski definition) is 2. The molecule has 5 nitrogen and oxygen atoms in total. The van der Waals surface area contributed by atoms with Crippen molar-refractivity contribution < 1.29 is 4.79 Å². The Morgan fingerprint density at radius 2 is 2.44 bits per heavy atom. The van der Waals surface area contributed by atoms with E-state index in [-0.39, 0.29) is 5.92 Å². The van der Waals surface area contributed by atoms with Crippen LogP contribution < -0.4 is 11.2 Å². The summed E-state index contributed by atoms with van der Waals surface area (Å²) in [5, 5.41) is 4.03. The van der Waals surface area contributed by atoms with Crippen molar-refractivity contribution in [3.8, 4) is 0 Å². The Morgan fingerprint density at radius 1 is 1.56 bits per heavy atom. The van der Waals surface area contributed by atoms with Crippen molar-refractivity contribution >= 4 is 11.7 Å². The van der Waals surface area contributed by atoms with Gasteiger partial charge in [0.05, 0.1) is 0 Å². The number of nitrogens with zero attached hydrogens (tertiary/aromatic N) is 2. The lowest BCUT2D eigenvalue weighted by Crippen LogP contribution is -2.26. The van der Waals surface area contributed by atoms with Gasteiger partial charge in [0.2, 0.25) is 0 Å². The van der Waals surface area contributed by atoms with Crippen LogP contribution in [-0.2, 0) is 0 Å². The molecule has 0 spiro atoms. The Morgan fingerprint density at radius 3 is 3.12 bits per heavy atom. The zero-order valence-electron chi connectivity index (χ0n) is 8.89. The Labute approximate surface area is 93.8 Å². The molecular formula is C11H14N4O. The molecule has 0 aromatic carbocycles. The number of rotatable bonds is 2. The third kappa shape index (κ3) is 2.36. The highest BCUT2D eigenvalue weighted by molar-refractivity contribution is 5.93. The van der Waals surface area contributed by atoms with Gasteiger partial charge in [-0.3, -0.25) is 4.98 Å². The lowest BCUT2D eigenvalue weighted by atomic mass is 10.0. The van der Waals surface area contributed by atoms with Crippen molar-refractivity contribution in [3.05, 3.63) is 30.1 Å². The van der Waals surface area contributed by atoms with Gasteiger partial charge in [0.1, 0.15) is 0 Å². The third-order valence-corrected chi connectivity index (χ3v) is 2.68. The predicted octanol–water partition coefficient (Wildman–Crippen LogP) is 1.37. The normalized spacial score (nSPS) is 22.2. The van der Waals surface area contributed by atoms with Crippen LogP contribution in [0.2, 0.25) is 0 Å². The summed E-state index contributed by atoms with van der Waals surface area (Å²) in [5.74, 6) is 0.216. The molecule has 2 rings (SSSR count). The molecule has 16 heavy (non-hydrogen) atoms. The van der Waals surface area contributed by atoms with Gasteiger partial charge in [-0.15, -0.1) is 0 Å². The molecule has 1 atom stereocenters. The van der Waals surface area contributed by atoms with Gasteiger partial charge in [0.15, 0.2) is 0 Å². The van der Waals surface area contributed by atoms with Crippen molar-refractivity contribution in [3.63, 3.8) is 0 Å². The average Bonchev–Trinajstić information content (AvgIpc) is 2.75. The first-order valence-corrected chi connectivity index (χ1v) is 5.30. The smallest absolute Gasteiger partial charge is 0.332 e. The molecule has 5 heteroatoms. The highest BCUT2D eigenvalue weighted by Crippen LogP contribution is 2.30. The van der Waals surface area contributed by atoms with Crippen LogP contribution in [-0.4, -0.2) is 16.7 Å². The zero-order chi connectivity index (χ0) is 11.4. The van der Waals surface area contributed by atoms with Gasteiger partial charge in [0.25, 0.3) is 0 Å². The molecule has 3 N–H and O–H groups in total. The molecule has 2 amide bonds. The summed E-state index contributed by atoms with van der Waals surface area (Å²) in [7, 11) is 0. The van der Waals surface area contributed by atoms with Gasteiger partial charge in [-0.1, -0.05) is 6.07 Å². The second-order valence-corrected chi connectivity index (χ2v) is 3.78. The fourth-order valence-corrected chi connectivity index (χ4v) is 1.99. The minimum atomic E-state index is -0.626. The molecule has 0 saturated heterocycles. The Bertz CT molecular complexity index is 402. The van der Waals surface area contributed by atoms with Gasteiger partial charge in [0, 0.05) is 23.5 Å². The van der Waals surface area contributed by atoms with Crippen LogP contribution in [0.3, 0.4) is 0 Å². The van der Waals surface area contributed by atoms with E-state index in [0.29, 0.717) is 0 Å². The predicted molar refractivity (Wildman–Crippen MR) is 61.0 cm³/mol. The maximum absolute atomic E-state index is 10.6. The van der Waals surface area contributed by atoms with Crippen LogP contribution in [0.25, 0.3) is 0 Å². The fraction of sp³-hybridized carbons (Fsp3) is 0.364. The maximum Gasteiger partial charge on any atom is 0.332 e. The maximum atomic E-state index is 10.6. The molecule has 0 unspecified atom stereocenters. The van der Waals surface area contributed by atoms with Crippen LogP contribution in [0.4, 0.5) is 4.79 Å². The Kier molecular flexibility index (Phi) is 3.14. The first-order chi connectivity index (χ1) is 7.77. The summed E-state index contributed by atoms with van der Waals surface area (Å²) in [5.41, 5.74) is 9.23. The number of carbonyl (C=O) groups is 1. The van der Waals surface area contributed by atoms with Crippen LogP contribution in [0.15, 0.2) is 29.5 Å². The quantitative estimate of drug-likeness (QED) is 0.735. The second kappa shape index (κ2) is 4.74. The number of hydrogen-bond acceptors (Lipinski definition) is 3.